The fourth-order valence-electron chi connectivity index (χ4n) is 1.81. The van der Waals surface area contributed by atoms with Crippen molar-refractivity contribution in [3.05, 3.63) is 61.3 Å². The summed E-state index contributed by atoms with van der Waals surface area (Å²) in [6.07, 6.45) is 4.66. The van der Waals surface area contributed by atoms with Gasteiger partial charge in [-0.25, -0.2) is 0 Å². The van der Waals surface area contributed by atoms with Gasteiger partial charge in [-0.05, 0) is 24.3 Å². The van der Waals surface area contributed by atoms with Gasteiger partial charge in [0.25, 0.3) is 5.91 Å². The van der Waals surface area contributed by atoms with E-state index in [1.54, 1.807) is 36.2 Å². The molecule has 1 N–H and O–H groups in total. The second kappa shape index (κ2) is 8.32. The Kier molecular flexibility index (Phi) is 6.45. The number of benzene rings is 1. The highest BCUT2D eigenvalue weighted by Crippen LogP contribution is 2.18. The van der Waals surface area contributed by atoms with E-state index in [0.29, 0.717) is 13.1 Å². The normalized spacial score (nSPS) is 10.5. The van der Waals surface area contributed by atoms with Crippen molar-refractivity contribution in [2.75, 3.05) is 25.0 Å². The molecule has 114 valence electrons. The zero-order valence-corrected chi connectivity index (χ0v) is 12.6. The monoisotopic (exact) mass is 297 g/mol. The van der Waals surface area contributed by atoms with Crippen LogP contribution in [-0.2, 0) is 4.79 Å². The van der Waals surface area contributed by atoms with Crippen LogP contribution in [0.4, 0.5) is 5.69 Å². The number of hydrogen-bond acceptors (Lipinski definition) is 4. The van der Waals surface area contributed by atoms with Gasteiger partial charge in [0.1, 0.15) is 17.4 Å². The molecule has 0 spiro atoms. The average Bonchev–Trinajstić information content (AvgIpc) is 2.52. The highest BCUT2D eigenvalue weighted by Gasteiger charge is 2.17. The SMILES string of the molecule is C=CCN(CC=C)C(=O)/C(C#N)=C\N(C)c1ccc(O)cc1. The molecule has 0 fully saturated rings. The molecule has 5 nitrogen and oxygen atoms in total. The van der Waals surface area contributed by atoms with E-state index in [-0.39, 0.29) is 17.2 Å². The number of anilines is 1. The number of phenols is 1. The third kappa shape index (κ3) is 4.53. The van der Waals surface area contributed by atoms with E-state index < -0.39 is 0 Å². The van der Waals surface area contributed by atoms with Gasteiger partial charge < -0.3 is 14.9 Å². The summed E-state index contributed by atoms with van der Waals surface area (Å²) in [6, 6.07) is 8.38. The van der Waals surface area contributed by atoms with Crippen molar-refractivity contribution in [1.82, 2.24) is 4.90 Å². The summed E-state index contributed by atoms with van der Waals surface area (Å²) < 4.78 is 0. The highest BCUT2D eigenvalue weighted by atomic mass is 16.3. The van der Waals surface area contributed by atoms with Gasteiger partial charge in [0.15, 0.2) is 0 Å². The lowest BCUT2D eigenvalue weighted by atomic mass is 10.2. The molecule has 22 heavy (non-hydrogen) atoms. The second-order valence-corrected chi connectivity index (χ2v) is 4.57. The predicted molar refractivity (Wildman–Crippen MR) is 87.2 cm³/mol. The van der Waals surface area contributed by atoms with E-state index in [9.17, 15) is 15.2 Å². The summed E-state index contributed by atoms with van der Waals surface area (Å²) in [6.45, 7) is 7.88. The molecule has 0 aromatic heterocycles. The van der Waals surface area contributed by atoms with Crippen LogP contribution < -0.4 is 4.90 Å². The Bertz CT molecular complexity index is 602. The van der Waals surface area contributed by atoms with E-state index in [1.807, 2.05) is 6.07 Å². The van der Waals surface area contributed by atoms with Crippen LogP contribution in [0.15, 0.2) is 61.3 Å². The second-order valence-electron chi connectivity index (χ2n) is 4.57. The lowest BCUT2D eigenvalue weighted by Gasteiger charge is -2.20. The summed E-state index contributed by atoms with van der Waals surface area (Å²) in [5.74, 6) is -0.228. The number of carbonyl (C=O) groups excluding carboxylic acids is 1. The number of carbonyl (C=O) groups is 1. The quantitative estimate of drug-likeness (QED) is 0.477. The van der Waals surface area contributed by atoms with E-state index in [1.165, 1.54) is 23.2 Å². The van der Waals surface area contributed by atoms with Crippen molar-refractivity contribution >= 4 is 11.6 Å². The van der Waals surface area contributed by atoms with Gasteiger partial charge in [-0.1, -0.05) is 12.2 Å². The predicted octanol–water partition coefficient (Wildman–Crippen LogP) is 2.44. The van der Waals surface area contributed by atoms with Gasteiger partial charge in [-0.3, -0.25) is 4.79 Å². The topological polar surface area (TPSA) is 67.6 Å². The Labute approximate surface area is 130 Å². The molecule has 1 amide bonds. The van der Waals surface area contributed by atoms with Crippen LogP contribution in [-0.4, -0.2) is 36.1 Å². The van der Waals surface area contributed by atoms with Gasteiger partial charge in [-0.15, -0.1) is 13.2 Å². The number of phenolic OH excluding ortho intramolecular Hbond substituents is 1. The Hall–Kier alpha value is -3.00. The Balaban J connectivity index is 3.00. The van der Waals surface area contributed by atoms with E-state index in [4.69, 9.17) is 0 Å². The highest BCUT2D eigenvalue weighted by molar-refractivity contribution is 5.97. The van der Waals surface area contributed by atoms with Crippen LogP contribution in [0.1, 0.15) is 0 Å². The minimum absolute atomic E-state index is 0.0132. The molecule has 0 radical (unpaired) electrons. The summed E-state index contributed by atoms with van der Waals surface area (Å²) >= 11 is 0. The van der Waals surface area contributed by atoms with Gasteiger partial charge in [0.2, 0.25) is 0 Å². The first-order valence-corrected chi connectivity index (χ1v) is 6.68. The van der Waals surface area contributed by atoms with Crippen LogP contribution >= 0.6 is 0 Å². The zero-order chi connectivity index (χ0) is 16.5. The Morgan fingerprint density at radius 2 is 1.82 bits per heavy atom. The molecule has 0 aliphatic rings. The number of amides is 1. The zero-order valence-electron chi connectivity index (χ0n) is 12.6. The lowest BCUT2D eigenvalue weighted by Crippen LogP contribution is -2.32. The molecule has 0 bridgehead atoms. The van der Waals surface area contributed by atoms with Gasteiger partial charge in [0, 0.05) is 32.0 Å². The van der Waals surface area contributed by atoms with Gasteiger partial charge in [0.05, 0.1) is 0 Å². The van der Waals surface area contributed by atoms with Gasteiger partial charge in [-0.2, -0.15) is 5.26 Å². The fraction of sp³-hybridized carbons (Fsp3) is 0.176. The fourth-order valence-corrected chi connectivity index (χ4v) is 1.81. The molecular formula is C17H19N3O2. The standard InChI is InChI=1S/C17H19N3O2/c1-4-10-20(11-5-2)17(22)14(12-18)13-19(3)15-6-8-16(21)9-7-15/h4-9,13,21H,1-2,10-11H2,3H3/b14-13-. The maximum atomic E-state index is 12.3. The molecule has 0 aliphatic heterocycles. The molecule has 1 aromatic rings. The van der Waals surface area contributed by atoms with Crippen LogP contribution in [0.5, 0.6) is 5.75 Å². The maximum absolute atomic E-state index is 12.3. The molecule has 0 saturated carbocycles. The number of nitrogens with zero attached hydrogens (tertiary/aromatic N) is 3. The molecule has 0 aliphatic carbocycles. The number of nitriles is 1. The Morgan fingerprint density at radius 1 is 1.27 bits per heavy atom. The smallest absolute Gasteiger partial charge is 0.266 e. The number of rotatable bonds is 7. The average molecular weight is 297 g/mol. The van der Waals surface area contributed by atoms with Crippen molar-refractivity contribution in [3.8, 4) is 11.8 Å². The molecule has 0 atom stereocenters. The third-order valence-corrected chi connectivity index (χ3v) is 2.92. The first-order chi connectivity index (χ1) is 10.5. The molecule has 0 unspecified atom stereocenters. The van der Waals surface area contributed by atoms with E-state index in [0.717, 1.165) is 5.69 Å². The summed E-state index contributed by atoms with van der Waals surface area (Å²) in [7, 11) is 1.72. The molecular weight excluding hydrogens is 278 g/mol. The van der Waals surface area contributed by atoms with Crippen LogP contribution in [0.25, 0.3) is 0 Å². The van der Waals surface area contributed by atoms with Crippen molar-refractivity contribution in [3.63, 3.8) is 0 Å². The van der Waals surface area contributed by atoms with Crippen LogP contribution in [0, 0.1) is 11.3 Å². The largest absolute Gasteiger partial charge is 0.508 e. The van der Waals surface area contributed by atoms with Gasteiger partial charge >= 0.3 is 0 Å². The van der Waals surface area contributed by atoms with E-state index in [2.05, 4.69) is 13.2 Å². The minimum atomic E-state index is -0.382. The first-order valence-electron chi connectivity index (χ1n) is 6.68. The van der Waals surface area contributed by atoms with Crippen molar-refractivity contribution in [2.45, 2.75) is 0 Å². The summed E-state index contributed by atoms with van der Waals surface area (Å²) in [5, 5.41) is 18.5. The first kappa shape index (κ1) is 17.1. The molecule has 1 aromatic carbocycles. The maximum Gasteiger partial charge on any atom is 0.266 e. The number of aromatic hydroxyl groups is 1. The summed E-state index contributed by atoms with van der Waals surface area (Å²) in [4.78, 5) is 15.5. The van der Waals surface area contributed by atoms with Crippen LogP contribution in [0.2, 0.25) is 0 Å². The molecule has 0 saturated heterocycles. The van der Waals surface area contributed by atoms with E-state index >= 15 is 0 Å². The van der Waals surface area contributed by atoms with Crippen molar-refractivity contribution in [1.29, 1.82) is 5.26 Å². The molecule has 0 heterocycles. The molecule has 1 rings (SSSR count). The summed E-state index contributed by atoms with van der Waals surface area (Å²) in [5.41, 5.74) is 0.761. The molecule has 5 heteroatoms. The Morgan fingerprint density at radius 3 is 2.27 bits per heavy atom. The third-order valence-electron chi connectivity index (χ3n) is 2.92. The number of hydrogen-bond donors (Lipinski definition) is 1. The van der Waals surface area contributed by atoms with Crippen LogP contribution in [0.3, 0.4) is 0 Å². The minimum Gasteiger partial charge on any atom is -0.508 e. The van der Waals surface area contributed by atoms with Crippen molar-refractivity contribution in [2.24, 2.45) is 0 Å². The lowest BCUT2D eigenvalue weighted by molar-refractivity contribution is -0.125. The van der Waals surface area contributed by atoms with Crippen molar-refractivity contribution < 1.29 is 9.90 Å².